The lowest BCUT2D eigenvalue weighted by Crippen LogP contribution is -2.55. The van der Waals surface area contributed by atoms with Crippen LogP contribution in [0.15, 0.2) is 115 Å². The summed E-state index contributed by atoms with van der Waals surface area (Å²) in [4.78, 5) is 48.0. The summed E-state index contributed by atoms with van der Waals surface area (Å²) in [6, 6.07) is 35.3. The summed E-state index contributed by atoms with van der Waals surface area (Å²) in [5, 5.41) is 7.23. The average molecular weight is 628 g/mol. The molecule has 1 aromatic heterocycles. The van der Waals surface area contributed by atoms with Crippen LogP contribution in [0.3, 0.4) is 0 Å². The van der Waals surface area contributed by atoms with Gasteiger partial charge >= 0.3 is 0 Å². The maximum atomic E-state index is 14.6. The minimum absolute atomic E-state index is 0.224. The number of rotatable bonds is 12. The van der Waals surface area contributed by atoms with Gasteiger partial charge in [-0.15, -0.1) is 0 Å². The number of unbranched alkanes of at least 4 members (excludes halogenated alkanes) is 1. The van der Waals surface area contributed by atoms with Crippen molar-refractivity contribution in [1.29, 1.82) is 0 Å². The number of hydrogen-bond acceptors (Lipinski definition) is 4. The fourth-order valence-corrected chi connectivity index (χ4v) is 6.59. The van der Waals surface area contributed by atoms with Crippen LogP contribution in [0.4, 0.5) is 0 Å². The number of nitrogens with one attached hydrogen (secondary N) is 3. The number of para-hydroxylation sites is 1. The van der Waals surface area contributed by atoms with E-state index >= 15 is 0 Å². The largest absolute Gasteiger partial charge is 0.357 e. The summed E-state index contributed by atoms with van der Waals surface area (Å²) in [6.45, 7) is 1.07. The number of aromatic nitrogens is 1. The third-order valence-corrected chi connectivity index (χ3v) is 8.98. The SMILES string of the molecule is NCCCC[C@@H](C(=O)NCc1ccccc1)N1Cc2[nH]c3ccccc3c2C[C@@H](NC(=O)C(c2ccccc2)c2ccccc2)C1=O. The van der Waals surface area contributed by atoms with Crippen molar-refractivity contribution in [2.24, 2.45) is 5.73 Å². The van der Waals surface area contributed by atoms with Crippen LogP contribution in [0.25, 0.3) is 10.9 Å². The van der Waals surface area contributed by atoms with E-state index < -0.39 is 18.0 Å². The Hall–Kier alpha value is -5.21. The van der Waals surface area contributed by atoms with Gasteiger partial charge < -0.3 is 26.3 Å². The molecular formula is C39H41N5O3. The number of carbonyl (C=O) groups is 3. The summed E-state index contributed by atoms with van der Waals surface area (Å²) in [5.74, 6) is -1.38. The van der Waals surface area contributed by atoms with E-state index in [2.05, 4.69) is 15.6 Å². The molecule has 3 amide bonds. The van der Waals surface area contributed by atoms with Gasteiger partial charge in [0.25, 0.3) is 0 Å². The topological polar surface area (TPSA) is 120 Å². The Kier molecular flexibility index (Phi) is 10.1. The van der Waals surface area contributed by atoms with Gasteiger partial charge in [-0.1, -0.05) is 109 Å². The third kappa shape index (κ3) is 7.28. The second kappa shape index (κ2) is 14.9. The first-order chi connectivity index (χ1) is 23.0. The Morgan fingerprint density at radius 1 is 0.809 bits per heavy atom. The molecule has 0 spiro atoms. The number of aromatic amines is 1. The number of carbonyl (C=O) groups excluding carboxylic acids is 3. The second-order valence-electron chi connectivity index (χ2n) is 12.1. The van der Waals surface area contributed by atoms with Gasteiger partial charge in [0.05, 0.1) is 12.5 Å². The average Bonchev–Trinajstić information content (AvgIpc) is 3.39. The highest BCUT2D eigenvalue weighted by molar-refractivity contribution is 5.96. The normalized spacial score (nSPS) is 15.2. The molecule has 0 saturated heterocycles. The molecule has 0 aliphatic carbocycles. The molecular weight excluding hydrogens is 586 g/mol. The molecule has 6 rings (SSSR count). The lowest BCUT2D eigenvalue weighted by atomic mass is 9.90. The van der Waals surface area contributed by atoms with Crippen LogP contribution in [-0.2, 0) is 33.9 Å². The van der Waals surface area contributed by atoms with Crippen LogP contribution < -0.4 is 16.4 Å². The zero-order valence-corrected chi connectivity index (χ0v) is 26.4. The monoisotopic (exact) mass is 627 g/mol. The predicted octanol–water partition coefficient (Wildman–Crippen LogP) is 5.18. The number of nitrogens with zero attached hydrogens (tertiary/aromatic N) is 1. The maximum absolute atomic E-state index is 14.6. The van der Waals surface area contributed by atoms with Gasteiger partial charge in [0.1, 0.15) is 12.1 Å². The van der Waals surface area contributed by atoms with Crippen molar-refractivity contribution in [3.63, 3.8) is 0 Å². The number of hydrogen-bond donors (Lipinski definition) is 4. The highest BCUT2D eigenvalue weighted by Gasteiger charge is 2.39. The second-order valence-corrected chi connectivity index (χ2v) is 12.1. The molecule has 1 aliphatic heterocycles. The zero-order valence-electron chi connectivity index (χ0n) is 26.4. The molecule has 47 heavy (non-hydrogen) atoms. The van der Waals surface area contributed by atoms with Crippen LogP contribution in [0.2, 0.25) is 0 Å². The van der Waals surface area contributed by atoms with Crippen molar-refractivity contribution in [2.45, 2.75) is 56.8 Å². The van der Waals surface area contributed by atoms with Crippen LogP contribution in [-0.4, -0.2) is 46.2 Å². The lowest BCUT2D eigenvalue weighted by Gasteiger charge is -2.33. The van der Waals surface area contributed by atoms with E-state index in [1.165, 1.54) is 0 Å². The smallest absolute Gasteiger partial charge is 0.246 e. The van der Waals surface area contributed by atoms with Crippen molar-refractivity contribution < 1.29 is 14.4 Å². The van der Waals surface area contributed by atoms with E-state index in [1.54, 1.807) is 4.90 Å². The van der Waals surface area contributed by atoms with E-state index in [0.29, 0.717) is 32.4 Å². The van der Waals surface area contributed by atoms with Gasteiger partial charge in [0.2, 0.25) is 17.7 Å². The number of benzene rings is 4. The Labute approximate surface area is 275 Å². The van der Waals surface area contributed by atoms with Crippen molar-refractivity contribution in [3.8, 4) is 0 Å². The molecule has 5 N–H and O–H groups in total. The van der Waals surface area contributed by atoms with Crippen molar-refractivity contribution in [2.75, 3.05) is 6.54 Å². The molecule has 0 saturated carbocycles. The summed E-state index contributed by atoms with van der Waals surface area (Å²) >= 11 is 0. The molecule has 0 unspecified atom stereocenters. The van der Waals surface area contributed by atoms with Gasteiger partial charge in [-0.05, 0) is 54.1 Å². The summed E-state index contributed by atoms with van der Waals surface area (Å²) < 4.78 is 0. The Balaban J connectivity index is 1.35. The van der Waals surface area contributed by atoms with E-state index in [0.717, 1.165) is 45.3 Å². The maximum Gasteiger partial charge on any atom is 0.246 e. The molecule has 0 fully saturated rings. The quantitative estimate of drug-likeness (QED) is 0.143. The molecule has 5 aromatic rings. The van der Waals surface area contributed by atoms with E-state index in [9.17, 15) is 14.4 Å². The predicted molar refractivity (Wildman–Crippen MR) is 184 cm³/mol. The molecule has 8 heteroatoms. The van der Waals surface area contributed by atoms with E-state index in [-0.39, 0.29) is 24.3 Å². The van der Waals surface area contributed by atoms with Crippen LogP contribution >= 0.6 is 0 Å². The Morgan fingerprint density at radius 2 is 1.43 bits per heavy atom. The molecule has 8 nitrogen and oxygen atoms in total. The van der Waals surface area contributed by atoms with E-state index in [1.807, 2.05) is 115 Å². The first kappa shape index (κ1) is 31.8. The van der Waals surface area contributed by atoms with Gasteiger partial charge in [0.15, 0.2) is 0 Å². The summed E-state index contributed by atoms with van der Waals surface area (Å²) in [7, 11) is 0. The molecule has 1 aliphatic rings. The minimum Gasteiger partial charge on any atom is -0.357 e. The van der Waals surface area contributed by atoms with Crippen molar-refractivity contribution in [1.82, 2.24) is 20.5 Å². The molecule has 0 bridgehead atoms. The number of nitrogens with two attached hydrogens (primary N) is 1. The summed E-state index contributed by atoms with van der Waals surface area (Å²) in [6.07, 6.45) is 2.18. The van der Waals surface area contributed by atoms with Gasteiger partial charge in [0, 0.05) is 29.6 Å². The van der Waals surface area contributed by atoms with Gasteiger partial charge in [-0.2, -0.15) is 0 Å². The zero-order chi connectivity index (χ0) is 32.6. The Bertz CT molecular complexity index is 1770. The third-order valence-electron chi connectivity index (χ3n) is 8.98. The standard InChI is InChI=1S/C39H41N5O3/c40-23-13-12-22-35(37(45)41-25-27-14-4-1-5-15-27)44-26-34-31(30-20-10-11-21-32(30)42-34)24-33(39(44)47)43-38(46)36(28-16-6-2-7-17-28)29-18-8-3-9-19-29/h1-11,14-21,33,35-36,42H,12-13,22-26,40H2,(H,41,45)(H,43,46)/t33-,35+/m1/s1. The fourth-order valence-electron chi connectivity index (χ4n) is 6.59. The highest BCUT2D eigenvalue weighted by atomic mass is 16.2. The van der Waals surface area contributed by atoms with Crippen LogP contribution in [0, 0.1) is 0 Å². The summed E-state index contributed by atoms with van der Waals surface area (Å²) in [5.41, 5.74) is 11.3. The molecule has 240 valence electrons. The first-order valence-corrected chi connectivity index (χ1v) is 16.3. The fraction of sp³-hybridized carbons (Fsp3) is 0.256. The van der Waals surface area contributed by atoms with Crippen LogP contribution in [0.5, 0.6) is 0 Å². The molecule has 4 aromatic carbocycles. The Morgan fingerprint density at radius 3 is 2.09 bits per heavy atom. The van der Waals surface area contributed by atoms with Crippen LogP contribution in [0.1, 0.15) is 53.1 Å². The lowest BCUT2D eigenvalue weighted by molar-refractivity contribution is -0.144. The minimum atomic E-state index is -0.878. The number of fused-ring (bicyclic) bond motifs is 3. The molecule has 2 atom stereocenters. The van der Waals surface area contributed by atoms with E-state index in [4.69, 9.17) is 5.73 Å². The van der Waals surface area contributed by atoms with Gasteiger partial charge in [-0.3, -0.25) is 14.4 Å². The molecule has 0 radical (unpaired) electrons. The van der Waals surface area contributed by atoms with Crippen molar-refractivity contribution >= 4 is 28.6 Å². The van der Waals surface area contributed by atoms with Crippen molar-refractivity contribution in [3.05, 3.63) is 143 Å². The first-order valence-electron chi connectivity index (χ1n) is 16.3. The number of amides is 3. The molecule has 2 heterocycles. The van der Waals surface area contributed by atoms with Gasteiger partial charge in [-0.25, -0.2) is 0 Å². The highest BCUT2D eigenvalue weighted by Crippen LogP contribution is 2.31. The number of H-pyrrole nitrogens is 1.